The fourth-order valence-electron chi connectivity index (χ4n) is 1.23. The van der Waals surface area contributed by atoms with Crippen LogP contribution in [0.3, 0.4) is 0 Å². The number of rotatable bonds is 6. The van der Waals surface area contributed by atoms with Gasteiger partial charge in [-0.2, -0.15) is 0 Å². The van der Waals surface area contributed by atoms with Crippen molar-refractivity contribution in [3.8, 4) is 5.75 Å². The molecule has 0 aliphatic heterocycles. The zero-order valence-electron chi connectivity index (χ0n) is 10.1. The normalized spacial score (nSPS) is 12.0. The van der Waals surface area contributed by atoms with Crippen LogP contribution in [0.4, 0.5) is 18.9 Å². The molecule has 0 aliphatic carbocycles. The lowest BCUT2D eigenvalue weighted by molar-refractivity contribution is -0.274. The Labute approximate surface area is 126 Å². The number of halogens is 4. The van der Waals surface area contributed by atoms with Crippen LogP contribution < -0.4 is 9.46 Å². The number of anilines is 1. The van der Waals surface area contributed by atoms with Gasteiger partial charge in [0.2, 0.25) is 10.0 Å². The van der Waals surface area contributed by atoms with Crippen molar-refractivity contribution in [2.45, 2.75) is 12.8 Å². The van der Waals surface area contributed by atoms with E-state index in [4.69, 9.17) is 5.11 Å². The van der Waals surface area contributed by atoms with Crippen LogP contribution in [0.15, 0.2) is 22.7 Å². The van der Waals surface area contributed by atoms with Gasteiger partial charge in [0.25, 0.3) is 0 Å². The fraction of sp³-hybridized carbons (Fsp3) is 0.300. The number of benzene rings is 1. The Balaban J connectivity index is 2.99. The molecule has 0 saturated carbocycles. The maximum atomic E-state index is 12.2. The Bertz CT molecular complexity index is 632. The molecule has 6 nitrogen and oxygen atoms in total. The van der Waals surface area contributed by atoms with Gasteiger partial charge in [-0.15, -0.1) is 13.2 Å². The number of sulfonamides is 1. The highest BCUT2D eigenvalue weighted by atomic mass is 79.9. The lowest BCUT2D eigenvalue weighted by Crippen LogP contribution is -2.22. The van der Waals surface area contributed by atoms with Crippen molar-refractivity contribution in [3.05, 3.63) is 22.7 Å². The molecule has 0 unspecified atom stereocenters. The summed E-state index contributed by atoms with van der Waals surface area (Å²) in [7, 11) is -4.11. The molecule has 1 rings (SSSR count). The van der Waals surface area contributed by atoms with E-state index in [1.807, 2.05) is 4.72 Å². The zero-order valence-corrected chi connectivity index (χ0v) is 12.5. The molecule has 1 aromatic rings. The number of ether oxygens (including phenoxy) is 1. The van der Waals surface area contributed by atoms with Crippen LogP contribution in [0, 0.1) is 0 Å². The van der Waals surface area contributed by atoms with Crippen molar-refractivity contribution in [3.63, 3.8) is 0 Å². The first-order chi connectivity index (χ1) is 9.48. The minimum absolute atomic E-state index is 0.246. The number of aliphatic carboxylic acids is 1. The fourth-order valence-corrected chi connectivity index (χ4v) is 2.62. The van der Waals surface area contributed by atoms with Crippen LogP contribution in [-0.2, 0) is 14.8 Å². The first kappa shape index (κ1) is 17.6. The maximum Gasteiger partial charge on any atom is 0.573 e. The highest BCUT2D eigenvalue weighted by Crippen LogP contribution is 2.33. The second kappa shape index (κ2) is 6.52. The number of hydrogen-bond donors (Lipinski definition) is 2. The zero-order chi connectivity index (χ0) is 16.3. The van der Waals surface area contributed by atoms with E-state index in [1.165, 1.54) is 6.07 Å². The molecule has 11 heteroatoms. The van der Waals surface area contributed by atoms with E-state index in [9.17, 15) is 26.4 Å². The number of carbonyl (C=O) groups is 1. The summed E-state index contributed by atoms with van der Waals surface area (Å²) in [5, 5.41) is 8.41. The maximum absolute atomic E-state index is 12.2. The number of alkyl halides is 3. The van der Waals surface area contributed by atoms with Crippen LogP contribution in [0.5, 0.6) is 5.75 Å². The summed E-state index contributed by atoms with van der Waals surface area (Å²) in [6.07, 6.45) is -5.68. The lowest BCUT2D eigenvalue weighted by Gasteiger charge is -2.15. The molecule has 0 fully saturated rings. The molecule has 0 amide bonds. The number of carboxylic acid groups (broad SMARTS) is 1. The Morgan fingerprint density at radius 3 is 2.52 bits per heavy atom. The molecule has 0 saturated heterocycles. The summed E-state index contributed by atoms with van der Waals surface area (Å²) < 4.78 is 65.7. The van der Waals surface area contributed by atoms with Gasteiger partial charge in [-0.25, -0.2) is 8.42 Å². The standard InChI is InChI=1S/C10H9BrF3NO5S/c11-6-1-2-7(8(5-6)20-10(12,13)14)15-21(18,19)4-3-9(16)17/h1-2,5,15H,3-4H2,(H,16,17). The van der Waals surface area contributed by atoms with Crippen molar-refractivity contribution < 1.29 is 36.2 Å². The van der Waals surface area contributed by atoms with E-state index in [0.717, 1.165) is 12.1 Å². The predicted octanol–water partition coefficient (Wildman–Crippen LogP) is 2.56. The molecular weight excluding hydrogens is 383 g/mol. The van der Waals surface area contributed by atoms with Crippen molar-refractivity contribution >= 4 is 37.6 Å². The first-order valence-corrected chi connectivity index (χ1v) is 7.70. The van der Waals surface area contributed by atoms with Gasteiger partial charge >= 0.3 is 12.3 Å². The van der Waals surface area contributed by atoms with Gasteiger partial charge in [0.1, 0.15) is 0 Å². The van der Waals surface area contributed by atoms with Gasteiger partial charge < -0.3 is 9.84 Å². The van der Waals surface area contributed by atoms with Gasteiger partial charge in [-0.05, 0) is 18.2 Å². The topological polar surface area (TPSA) is 92.7 Å². The van der Waals surface area contributed by atoms with E-state index in [0.29, 0.717) is 0 Å². The van der Waals surface area contributed by atoms with Crippen molar-refractivity contribution in [2.75, 3.05) is 10.5 Å². The molecule has 1 aromatic carbocycles. The van der Waals surface area contributed by atoms with E-state index in [2.05, 4.69) is 20.7 Å². The van der Waals surface area contributed by atoms with Crippen LogP contribution in [-0.4, -0.2) is 31.6 Å². The van der Waals surface area contributed by atoms with E-state index in [-0.39, 0.29) is 4.47 Å². The summed E-state index contributed by atoms with van der Waals surface area (Å²) in [5.41, 5.74) is -0.444. The second-order valence-corrected chi connectivity index (χ2v) is 6.51. The highest BCUT2D eigenvalue weighted by molar-refractivity contribution is 9.10. The average Bonchev–Trinajstić information content (AvgIpc) is 2.28. The number of nitrogens with one attached hydrogen (secondary N) is 1. The molecule has 0 atom stereocenters. The minimum Gasteiger partial charge on any atom is -0.481 e. The number of hydrogen-bond acceptors (Lipinski definition) is 4. The van der Waals surface area contributed by atoms with Crippen molar-refractivity contribution in [1.29, 1.82) is 0 Å². The molecule has 0 radical (unpaired) electrons. The SMILES string of the molecule is O=C(O)CCS(=O)(=O)Nc1ccc(Br)cc1OC(F)(F)F. The van der Waals surface area contributed by atoms with Crippen LogP contribution in [0.1, 0.15) is 6.42 Å². The van der Waals surface area contributed by atoms with Crippen LogP contribution in [0.2, 0.25) is 0 Å². The summed E-state index contributed by atoms with van der Waals surface area (Å²) in [5.74, 6) is -2.87. The summed E-state index contributed by atoms with van der Waals surface area (Å²) in [4.78, 5) is 10.3. The summed E-state index contributed by atoms with van der Waals surface area (Å²) in [6, 6.07) is 3.30. The van der Waals surface area contributed by atoms with Gasteiger partial charge in [0.15, 0.2) is 5.75 Å². The molecule has 21 heavy (non-hydrogen) atoms. The summed E-state index contributed by atoms with van der Waals surface area (Å²) >= 11 is 2.93. The van der Waals surface area contributed by atoms with E-state index in [1.54, 1.807) is 0 Å². The van der Waals surface area contributed by atoms with E-state index >= 15 is 0 Å². The van der Waals surface area contributed by atoms with Gasteiger partial charge in [-0.1, -0.05) is 15.9 Å². The first-order valence-electron chi connectivity index (χ1n) is 5.26. The Hall–Kier alpha value is -1.49. The van der Waals surface area contributed by atoms with Crippen LogP contribution in [0.25, 0.3) is 0 Å². The molecule has 0 aliphatic rings. The van der Waals surface area contributed by atoms with Crippen LogP contribution >= 0.6 is 15.9 Å². The third kappa shape index (κ3) is 6.67. The Morgan fingerprint density at radius 2 is 2.00 bits per heavy atom. The van der Waals surface area contributed by atoms with E-state index < -0.39 is 46.0 Å². The molecular formula is C10H9BrF3NO5S. The smallest absolute Gasteiger partial charge is 0.481 e. The molecule has 0 bridgehead atoms. The largest absolute Gasteiger partial charge is 0.573 e. The third-order valence-corrected chi connectivity index (χ3v) is 3.79. The van der Waals surface area contributed by atoms with Gasteiger partial charge in [0.05, 0.1) is 17.9 Å². The average molecular weight is 392 g/mol. The highest BCUT2D eigenvalue weighted by Gasteiger charge is 2.32. The summed E-state index contributed by atoms with van der Waals surface area (Å²) in [6.45, 7) is 0. The number of carboxylic acids is 1. The Morgan fingerprint density at radius 1 is 1.38 bits per heavy atom. The third-order valence-electron chi connectivity index (χ3n) is 2.02. The minimum atomic E-state index is -5.00. The molecule has 2 N–H and O–H groups in total. The van der Waals surface area contributed by atoms with Crippen molar-refractivity contribution in [2.24, 2.45) is 0 Å². The predicted molar refractivity (Wildman–Crippen MR) is 70.5 cm³/mol. The van der Waals surface area contributed by atoms with Gasteiger partial charge in [-0.3, -0.25) is 9.52 Å². The van der Waals surface area contributed by atoms with Gasteiger partial charge in [0, 0.05) is 4.47 Å². The lowest BCUT2D eigenvalue weighted by atomic mass is 10.3. The van der Waals surface area contributed by atoms with Crippen molar-refractivity contribution in [1.82, 2.24) is 0 Å². The molecule has 118 valence electrons. The molecule has 0 aromatic heterocycles. The Kier molecular flexibility index (Phi) is 5.45. The molecule has 0 spiro atoms. The quantitative estimate of drug-likeness (QED) is 0.777. The molecule has 0 heterocycles. The second-order valence-electron chi connectivity index (χ2n) is 3.75. The monoisotopic (exact) mass is 391 g/mol.